The average Bonchev–Trinajstić information content (AvgIpc) is 2.69. The molecule has 0 unspecified atom stereocenters. The first-order valence-corrected chi connectivity index (χ1v) is 10.6. The lowest BCUT2D eigenvalue weighted by Crippen LogP contribution is -2.36. The molecule has 1 heterocycles. The number of methoxy groups -OCH3 is 1. The summed E-state index contributed by atoms with van der Waals surface area (Å²) in [5, 5.41) is 0. The monoisotopic (exact) mass is 390 g/mol. The molecule has 0 radical (unpaired) electrons. The molecule has 1 saturated heterocycles. The molecule has 0 spiro atoms. The number of rotatable bonds is 7. The number of sulfonamides is 1. The van der Waals surface area contributed by atoms with E-state index in [0.717, 1.165) is 31.6 Å². The van der Waals surface area contributed by atoms with E-state index in [-0.39, 0.29) is 4.90 Å². The molecule has 2 aromatic carbocycles. The van der Waals surface area contributed by atoms with E-state index in [4.69, 9.17) is 9.47 Å². The zero-order valence-corrected chi connectivity index (χ0v) is 16.5. The second kappa shape index (κ2) is 8.63. The summed E-state index contributed by atoms with van der Waals surface area (Å²) >= 11 is 0. The fraction of sp³-hybridized carbons (Fsp3) is 0.400. The minimum absolute atomic E-state index is 0.137. The Morgan fingerprint density at radius 2 is 1.74 bits per heavy atom. The van der Waals surface area contributed by atoms with Crippen LogP contribution in [0, 0.1) is 0 Å². The van der Waals surface area contributed by atoms with Gasteiger partial charge in [-0.05, 0) is 56.2 Å². The maximum absolute atomic E-state index is 12.7. The third-order valence-electron chi connectivity index (χ3n) is 4.70. The number of nitrogens with one attached hydrogen (secondary N) is 1. The first-order chi connectivity index (χ1) is 13.0. The van der Waals surface area contributed by atoms with Gasteiger partial charge in [0.1, 0.15) is 10.6 Å². The number of anilines is 2. The molecule has 2 aromatic rings. The fourth-order valence-corrected chi connectivity index (χ4v) is 4.45. The maximum atomic E-state index is 12.7. The lowest BCUT2D eigenvalue weighted by atomic mass is 10.1. The van der Waals surface area contributed by atoms with Gasteiger partial charge in [0, 0.05) is 31.6 Å². The largest absolute Gasteiger partial charge is 0.492 e. The van der Waals surface area contributed by atoms with Crippen LogP contribution in [-0.2, 0) is 14.8 Å². The molecule has 146 valence electrons. The summed E-state index contributed by atoms with van der Waals surface area (Å²) < 4.78 is 39.0. The van der Waals surface area contributed by atoms with E-state index in [1.807, 2.05) is 19.1 Å². The molecule has 0 amide bonds. The third-order valence-corrected chi connectivity index (χ3v) is 6.12. The molecule has 0 aliphatic carbocycles. The van der Waals surface area contributed by atoms with Crippen molar-refractivity contribution < 1.29 is 17.9 Å². The van der Waals surface area contributed by atoms with Crippen molar-refractivity contribution in [3.8, 4) is 5.75 Å². The highest BCUT2D eigenvalue weighted by molar-refractivity contribution is 7.92. The molecular weight excluding hydrogens is 364 g/mol. The van der Waals surface area contributed by atoms with Gasteiger partial charge in [0.05, 0.1) is 12.7 Å². The molecule has 1 aliphatic heterocycles. The van der Waals surface area contributed by atoms with Gasteiger partial charge in [-0.15, -0.1) is 0 Å². The van der Waals surface area contributed by atoms with Crippen molar-refractivity contribution in [2.75, 3.05) is 36.4 Å². The van der Waals surface area contributed by atoms with Crippen LogP contribution >= 0.6 is 0 Å². The van der Waals surface area contributed by atoms with Crippen LogP contribution in [0.5, 0.6) is 5.75 Å². The summed E-state index contributed by atoms with van der Waals surface area (Å²) in [4.78, 5) is 2.43. The molecular formula is C20H26N2O4S. The number of para-hydroxylation sites is 1. The molecule has 0 bridgehead atoms. The van der Waals surface area contributed by atoms with Crippen LogP contribution in [-0.4, -0.2) is 41.3 Å². The Kier molecular flexibility index (Phi) is 6.23. The van der Waals surface area contributed by atoms with Crippen molar-refractivity contribution in [3.63, 3.8) is 0 Å². The summed E-state index contributed by atoms with van der Waals surface area (Å²) in [5.74, 6) is 0.352. The van der Waals surface area contributed by atoms with E-state index in [2.05, 4.69) is 9.62 Å². The van der Waals surface area contributed by atoms with Crippen LogP contribution in [0.4, 0.5) is 11.4 Å². The van der Waals surface area contributed by atoms with Gasteiger partial charge >= 0.3 is 0 Å². The standard InChI is InChI=1S/C20H26N2O4S/c1-3-26-19-6-4-5-7-20(19)27(23,24)21-16-8-10-17(11-9-16)22-14-12-18(25-2)13-15-22/h4-11,18,21H,3,12-15H2,1-2H3. The molecule has 0 atom stereocenters. The molecule has 0 saturated carbocycles. The van der Waals surface area contributed by atoms with Crippen molar-refractivity contribution >= 4 is 21.4 Å². The van der Waals surface area contributed by atoms with Crippen LogP contribution in [0.3, 0.4) is 0 Å². The van der Waals surface area contributed by atoms with Crippen molar-refractivity contribution in [1.29, 1.82) is 0 Å². The number of piperidine rings is 1. The van der Waals surface area contributed by atoms with Gasteiger partial charge in [0.25, 0.3) is 10.0 Å². The zero-order valence-electron chi connectivity index (χ0n) is 15.7. The van der Waals surface area contributed by atoms with E-state index in [1.54, 1.807) is 43.5 Å². The lowest BCUT2D eigenvalue weighted by molar-refractivity contribution is 0.0819. The molecule has 1 aliphatic rings. The van der Waals surface area contributed by atoms with Crippen molar-refractivity contribution in [1.82, 2.24) is 0 Å². The van der Waals surface area contributed by atoms with Crippen molar-refractivity contribution in [3.05, 3.63) is 48.5 Å². The van der Waals surface area contributed by atoms with Gasteiger partial charge in [-0.2, -0.15) is 0 Å². The zero-order chi connectivity index (χ0) is 19.3. The van der Waals surface area contributed by atoms with E-state index in [9.17, 15) is 8.42 Å². The highest BCUT2D eigenvalue weighted by Crippen LogP contribution is 2.27. The Morgan fingerprint density at radius 3 is 2.37 bits per heavy atom. The Balaban J connectivity index is 1.71. The molecule has 3 rings (SSSR count). The third kappa shape index (κ3) is 4.73. The lowest BCUT2D eigenvalue weighted by Gasteiger charge is -2.33. The van der Waals surface area contributed by atoms with E-state index in [0.29, 0.717) is 24.1 Å². The Morgan fingerprint density at radius 1 is 1.07 bits per heavy atom. The average molecular weight is 391 g/mol. The van der Waals surface area contributed by atoms with Gasteiger partial charge in [0.2, 0.25) is 0 Å². The Bertz CT molecular complexity index is 845. The SMILES string of the molecule is CCOc1ccccc1S(=O)(=O)Nc1ccc(N2CCC(OC)CC2)cc1. The molecule has 1 fully saturated rings. The quantitative estimate of drug-likeness (QED) is 0.784. The molecule has 0 aromatic heterocycles. The molecule has 6 nitrogen and oxygen atoms in total. The highest BCUT2D eigenvalue weighted by atomic mass is 32.2. The molecule has 1 N–H and O–H groups in total. The number of hydrogen-bond donors (Lipinski definition) is 1. The first kappa shape index (κ1) is 19.5. The summed E-state index contributed by atoms with van der Waals surface area (Å²) in [5.41, 5.74) is 1.61. The van der Waals surface area contributed by atoms with Gasteiger partial charge in [-0.3, -0.25) is 4.72 Å². The Hall–Kier alpha value is -2.25. The number of nitrogens with zero attached hydrogens (tertiary/aromatic N) is 1. The van der Waals surface area contributed by atoms with Crippen LogP contribution in [0.15, 0.2) is 53.4 Å². The van der Waals surface area contributed by atoms with E-state index < -0.39 is 10.0 Å². The second-order valence-corrected chi connectivity index (χ2v) is 8.11. The van der Waals surface area contributed by atoms with Gasteiger partial charge < -0.3 is 14.4 Å². The minimum Gasteiger partial charge on any atom is -0.492 e. The van der Waals surface area contributed by atoms with Gasteiger partial charge in [-0.25, -0.2) is 8.42 Å². The number of hydrogen-bond acceptors (Lipinski definition) is 5. The molecule has 27 heavy (non-hydrogen) atoms. The summed E-state index contributed by atoms with van der Waals surface area (Å²) in [6, 6.07) is 14.1. The van der Waals surface area contributed by atoms with Crippen LogP contribution in [0.25, 0.3) is 0 Å². The smallest absolute Gasteiger partial charge is 0.265 e. The van der Waals surface area contributed by atoms with Gasteiger partial charge in [-0.1, -0.05) is 12.1 Å². The van der Waals surface area contributed by atoms with Gasteiger partial charge in [0.15, 0.2) is 0 Å². The predicted molar refractivity (Wildman–Crippen MR) is 107 cm³/mol. The predicted octanol–water partition coefficient (Wildman–Crippen LogP) is 3.50. The van der Waals surface area contributed by atoms with Crippen LogP contribution < -0.4 is 14.4 Å². The topological polar surface area (TPSA) is 67.9 Å². The minimum atomic E-state index is -3.72. The summed E-state index contributed by atoms with van der Waals surface area (Å²) in [6.07, 6.45) is 2.33. The fourth-order valence-electron chi connectivity index (χ4n) is 3.25. The van der Waals surface area contributed by atoms with Crippen molar-refractivity contribution in [2.45, 2.75) is 30.8 Å². The normalized spacial score (nSPS) is 15.6. The van der Waals surface area contributed by atoms with E-state index >= 15 is 0 Å². The molecule has 7 heteroatoms. The number of ether oxygens (including phenoxy) is 2. The number of benzene rings is 2. The van der Waals surface area contributed by atoms with E-state index in [1.165, 1.54) is 0 Å². The first-order valence-electron chi connectivity index (χ1n) is 9.16. The van der Waals surface area contributed by atoms with Crippen molar-refractivity contribution in [2.24, 2.45) is 0 Å². The Labute approximate surface area is 161 Å². The summed E-state index contributed by atoms with van der Waals surface area (Å²) in [7, 11) is -1.96. The second-order valence-electron chi connectivity index (χ2n) is 6.45. The van der Waals surface area contributed by atoms with Crippen LogP contribution in [0.2, 0.25) is 0 Å². The summed E-state index contributed by atoms with van der Waals surface area (Å²) in [6.45, 7) is 4.10. The maximum Gasteiger partial charge on any atom is 0.265 e. The highest BCUT2D eigenvalue weighted by Gasteiger charge is 2.21. The van der Waals surface area contributed by atoms with Crippen LogP contribution in [0.1, 0.15) is 19.8 Å².